The Morgan fingerprint density at radius 3 is 1.74 bits per heavy atom. The maximum absolute atomic E-state index is 5.25. The lowest BCUT2D eigenvalue weighted by atomic mass is 9.92. The van der Waals surface area contributed by atoms with Gasteiger partial charge >= 0.3 is 0 Å². The topological polar surface area (TPSA) is 24.9 Å². The zero-order valence-electron chi connectivity index (χ0n) is 30.8. The second-order valence-corrected chi connectivity index (χ2v) is 13.1. The summed E-state index contributed by atoms with van der Waals surface area (Å²) in [6, 6.07) is 56.7. The highest BCUT2D eigenvalue weighted by atomic mass is 14.9. The van der Waals surface area contributed by atoms with Crippen LogP contribution in [0.25, 0.3) is 66.7 Å². The molecule has 1 aliphatic rings. The lowest BCUT2D eigenvalue weighted by molar-refractivity contribution is 0.675. The van der Waals surface area contributed by atoms with E-state index in [9.17, 15) is 0 Å². The Kier molecular flexibility index (Phi) is 11.2. The van der Waals surface area contributed by atoms with E-state index in [0.717, 1.165) is 35.0 Å². The molecule has 0 saturated heterocycles. The van der Waals surface area contributed by atoms with Crippen molar-refractivity contribution in [2.75, 3.05) is 0 Å². The van der Waals surface area contributed by atoms with Crippen LogP contribution in [0.4, 0.5) is 0 Å². The molecule has 1 unspecified atom stereocenters. The number of benzene rings is 6. The van der Waals surface area contributed by atoms with E-state index in [0.29, 0.717) is 0 Å². The molecule has 1 aliphatic carbocycles. The zero-order valence-corrected chi connectivity index (χ0v) is 30.8. The smallest absolute Gasteiger partial charge is 0.0716 e. The molecule has 260 valence electrons. The van der Waals surface area contributed by atoms with Crippen molar-refractivity contribution in [3.8, 4) is 55.8 Å². The van der Waals surface area contributed by atoms with Crippen molar-refractivity contribution >= 4 is 10.9 Å². The molecule has 0 radical (unpaired) electrons. The highest BCUT2D eigenvalue weighted by molar-refractivity contribution is 5.99. The first kappa shape index (κ1) is 35.2. The van der Waals surface area contributed by atoms with Gasteiger partial charge in [0.05, 0.1) is 17.3 Å². The Bertz CT molecular complexity index is 2370. The predicted molar refractivity (Wildman–Crippen MR) is 227 cm³/mol. The van der Waals surface area contributed by atoms with E-state index in [1.807, 2.05) is 13.8 Å². The third kappa shape index (κ3) is 8.14. The number of rotatable bonds is 9. The van der Waals surface area contributed by atoms with E-state index in [1.54, 1.807) is 0 Å². The fraction of sp³-hybridized carbons (Fsp3) is 0.118. The zero-order chi connectivity index (χ0) is 36.4. The van der Waals surface area contributed by atoms with Crippen LogP contribution in [-0.2, 0) is 0 Å². The number of nitrogens with zero attached hydrogens (tertiary/aromatic N) is 1. The Balaban J connectivity index is 0.00000214. The first-order valence-corrected chi connectivity index (χ1v) is 18.8. The van der Waals surface area contributed by atoms with Crippen molar-refractivity contribution < 1.29 is 0 Å². The first-order valence-electron chi connectivity index (χ1n) is 18.8. The molecule has 2 nitrogen and oxygen atoms in total. The fourth-order valence-corrected chi connectivity index (χ4v) is 7.00. The lowest BCUT2D eigenvalue weighted by Gasteiger charge is -2.21. The number of allylic oxidation sites excluding steroid dienone is 5. The summed E-state index contributed by atoms with van der Waals surface area (Å²) in [4.78, 5) is 5.25. The van der Waals surface area contributed by atoms with Gasteiger partial charge in [-0.2, -0.15) is 0 Å². The number of fused-ring (bicyclic) bond motifs is 1. The van der Waals surface area contributed by atoms with Crippen LogP contribution < -0.4 is 5.32 Å². The average molecular weight is 687 g/mol. The van der Waals surface area contributed by atoms with E-state index < -0.39 is 0 Å². The van der Waals surface area contributed by atoms with Crippen LogP contribution in [0.1, 0.15) is 45.2 Å². The van der Waals surface area contributed by atoms with Crippen LogP contribution >= 0.6 is 0 Å². The van der Waals surface area contributed by atoms with Crippen LogP contribution in [0.5, 0.6) is 0 Å². The number of nitrogens with one attached hydrogen (secondary N) is 1. The van der Waals surface area contributed by atoms with Gasteiger partial charge in [0.15, 0.2) is 0 Å². The summed E-state index contributed by atoms with van der Waals surface area (Å²) in [5.41, 5.74) is 15.1. The van der Waals surface area contributed by atoms with Gasteiger partial charge in [0.25, 0.3) is 0 Å². The molecule has 0 fully saturated rings. The number of hydrogen-bond acceptors (Lipinski definition) is 2. The molecule has 1 aromatic heterocycles. The quantitative estimate of drug-likeness (QED) is 0.153. The molecule has 7 aromatic rings. The standard InChI is InChI=1S/C49H40N2.C2H6/c1-2-13-47(50-44-20-10-5-11-21-44)43-19-12-18-42(32-43)45-34-49(40-28-26-38(27-29-40)36-16-8-4-9-17-36)51-48-31-30-41(33-46(45)48)39-24-22-37(23-25-39)35-14-6-3-7-15-35;1-2/h2-10,12-20,22-34,47,50H,11,21H2,1H3;1-2H3/b13-2-;. The van der Waals surface area contributed by atoms with Gasteiger partial charge < -0.3 is 5.32 Å². The van der Waals surface area contributed by atoms with Gasteiger partial charge in [0.1, 0.15) is 0 Å². The number of hydrogen-bond donors (Lipinski definition) is 1. The molecule has 1 heterocycles. The second-order valence-electron chi connectivity index (χ2n) is 13.1. The van der Waals surface area contributed by atoms with Crippen LogP contribution in [-0.4, -0.2) is 4.98 Å². The van der Waals surface area contributed by atoms with Gasteiger partial charge in [-0.05, 0) is 100 Å². The van der Waals surface area contributed by atoms with E-state index in [4.69, 9.17) is 4.98 Å². The summed E-state index contributed by atoms with van der Waals surface area (Å²) in [5, 5.41) is 4.94. The van der Waals surface area contributed by atoms with Crippen molar-refractivity contribution in [1.29, 1.82) is 0 Å². The van der Waals surface area contributed by atoms with E-state index in [1.165, 1.54) is 55.8 Å². The minimum absolute atomic E-state index is 0.0736. The Hall–Kier alpha value is -6.25. The minimum Gasteiger partial charge on any atom is -0.378 e. The van der Waals surface area contributed by atoms with Gasteiger partial charge in [0, 0.05) is 16.6 Å². The monoisotopic (exact) mass is 686 g/mol. The van der Waals surface area contributed by atoms with Crippen LogP contribution in [0, 0.1) is 0 Å². The van der Waals surface area contributed by atoms with Crippen LogP contribution in [0.3, 0.4) is 0 Å². The second kappa shape index (κ2) is 16.8. The van der Waals surface area contributed by atoms with Gasteiger partial charge in [-0.15, -0.1) is 0 Å². The SMILES string of the molecule is C/C=C\C(NC1=CC=CCC1)c1cccc(-c2cc(-c3ccc(-c4ccccc4)cc3)nc3ccc(-c4ccc(-c5ccccc5)cc4)cc23)c1.CC. The number of pyridine rings is 1. The lowest BCUT2D eigenvalue weighted by Crippen LogP contribution is -2.19. The minimum atomic E-state index is 0.0736. The summed E-state index contributed by atoms with van der Waals surface area (Å²) < 4.78 is 0. The van der Waals surface area contributed by atoms with Crippen molar-refractivity contribution in [1.82, 2.24) is 10.3 Å². The molecule has 53 heavy (non-hydrogen) atoms. The highest BCUT2D eigenvalue weighted by Gasteiger charge is 2.15. The third-order valence-corrected chi connectivity index (χ3v) is 9.72. The molecular weight excluding hydrogens is 641 g/mol. The Morgan fingerprint density at radius 2 is 1.13 bits per heavy atom. The van der Waals surface area contributed by atoms with E-state index in [-0.39, 0.29) is 6.04 Å². The molecule has 6 aromatic carbocycles. The van der Waals surface area contributed by atoms with Crippen molar-refractivity contribution in [3.05, 3.63) is 199 Å². The predicted octanol–water partition coefficient (Wildman–Crippen LogP) is 14.0. The largest absolute Gasteiger partial charge is 0.378 e. The highest BCUT2D eigenvalue weighted by Crippen LogP contribution is 2.37. The Morgan fingerprint density at radius 1 is 0.566 bits per heavy atom. The molecule has 2 heteroatoms. The normalized spacial score (nSPS) is 12.9. The van der Waals surface area contributed by atoms with Gasteiger partial charge in [0.2, 0.25) is 0 Å². The van der Waals surface area contributed by atoms with Crippen LogP contribution in [0.15, 0.2) is 194 Å². The Labute approximate surface area is 314 Å². The maximum atomic E-state index is 5.25. The molecular formula is C51H46N2. The van der Waals surface area contributed by atoms with E-state index >= 15 is 0 Å². The summed E-state index contributed by atoms with van der Waals surface area (Å²) in [7, 11) is 0. The summed E-state index contributed by atoms with van der Waals surface area (Å²) in [6.45, 7) is 6.09. The summed E-state index contributed by atoms with van der Waals surface area (Å²) in [5.74, 6) is 0. The van der Waals surface area contributed by atoms with E-state index in [2.05, 4.69) is 200 Å². The molecule has 0 saturated carbocycles. The molecule has 0 spiro atoms. The molecule has 0 amide bonds. The van der Waals surface area contributed by atoms with Gasteiger partial charge in [-0.25, -0.2) is 4.98 Å². The molecule has 1 atom stereocenters. The summed E-state index contributed by atoms with van der Waals surface area (Å²) >= 11 is 0. The van der Waals surface area contributed by atoms with Crippen LogP contribution in [0.2, 0.25) is 0 Å². The molecule has 1 N–H and O–H groups in total. The molecule has 0 bridgehead atoms. The maximum Gasteiger partial charge on any atom is 0.0716 e. The van der Waals surface area contributed by atoms with Crippen molar-refractivity contribution in [3.63, 3.8) is 0 Å². The summed E-state index contributed by atoms with van der Waals surface area (Å²) in [6.07, 6.45) is 13.1. The van der Waals surface area contributed by atoms with Crippen molar-refractivity contribution in [2.24, 2.45) is 0 Å². The number of aromatic nitrogens is 1. The van der Waals surface area contributed by atoms with Gasteiger partial charge in [-0.1, -0.05) is 172 Å². The fourth-order valence-electron chi connectivity index (χ4n) is 7.00. The molecule has 0 aliphatic heterocycles. The first-order chi connectivity index (χ1) is 26.2. The molecule has 8 rings (SSSR count). The van der Waals surface area contributed by atoms with Gasteiger partial charge in [-0.3, -0.25) is 0 Å². The third-order valence-electron chi connectivity index (χ3n) is 9.72. The average Bonchev–Trinajstić information content (AvgIpc) is 3.25. The van der Waals surface area contributed by atoms with Crippen molar-refractivity contribution in [2.45, 2.75) is 39.7 Å².